The maximum absolute atomic E-state index is 12.2. The second-order valence-electron chi connectivity index (χ2n) is 6.56. The fraction of sp³-hybridized carbons (Fsp3) is 0.500. The Morgan fingerprint density at radius 3 is 2.16 bits per heavy atom. The highest BCUT2D eigenvalue weighted by molar-refractivity contribution is 5.91. The molecule has 0 radical (unpaired) electrons. The van der Waals surface area contributed by atoms with Crippen molar-refractivity contribution < 1.29 is 19.5 Å². The molecule has 0 aliphatic carbocycles. The maximum Gasteiger partial charge on any atom is 0.326 e. The Morgan fingerprint density at radius 1 is 1.04 bits per heavy atom. The van der Waals surface area contributed by atoms with Crippen LogP contribution in [0.2, 0.25) is 0 Å². The molecular formula is C18H27N3O4. The van der Waals surface area contributed by atoms with E-state index in [1.165, 1.54) is 6.92 Å². The standard InChI is InChI=1S/C18H27N3O4/c1-11(2)9-14(19)17(23)20-12(3)16(22)21-15(18(24)25)10-13-7-5-4-6-8-13/h4-8,11-12,14-15H,9-10,19H2,1-3H3,(H,20,23)(H,21,22)(H,24,25)/t12-,14-,15-/m0/s1. The van der Waals surface area contributed by atoms with E-state index in [-0.39, 0.29) is 12.3 Å². The van der Waals surface area contributed by atoms with Crippen LogP contribution >= 0.6 is 0 Å². The molecule has 5 N–H and O–H groups in total. The van der Waals surface area contributed by atoms with Crippen molar-refractivity contribution in [1.29, 1.82) is 0 Å². The van der Waals surface area contributed by atoms with Crippen LogP contribution in [-0.2, 0) is 20.8 Å². The fourth-order valence-electron chi connectivity index (χ4n) is 2.35. The van der Waals surface area contributed by atoms with Gasteiger partial charge in [-0.05, 0) is 24.8 Å². The molecule has 0 fully saturated rings. The molecule has 2 amide bonds. The highest BCUT2D eigenvalue weighted by Gasteiger charge is 2.25. The first-order valence-corrected chi connectivity index (χ1v) is 8.33. The number of nitrogens with two attached hydrogens (primary N) is 1. The molecule has 0 aliphatic heterocycles. The first-order chi connectivity index (χ1) is 11.7. The Balaban J connectivity index is 2.61. The minimum atomic E-state index is -1.13. The first-order valence-electron chi connectivity index (χ1n) is 8.33. The summed E-state index contributed by atoms with van der Waals surface area (Å²) < 4.78 is 0. The van der Waals surface area contributed by atoms with E-state index >= 15 is 0 Å². The van der Waals surface area contributed by atoms with Gasteiger partial charge in [-0.25, -0.2) is 4.79 Å². The lowest BCUT2D eigenvalue weighted by Crippen LogP contribution is -2.53. The predicted molar refractivity (Wildman–Crippen MR) is 94.7 cm³/mol. The third kappa shape index (κ3) is 7.34. The molecule has 0 unspecified atom stereocenters. The van der Waals surface area contributed by atoms with Crippen molar-refractivity contribution in [2.45, 2.75) is 51.7 Å². The zero-order chi connectivity index (χ0) is 19.0. The summed E-state index contributed by atoms with van der Waals surface area (Å²) in [6, 6.07) is 6.37. The van der Waals surface area contributed by atoms with Crippen molar-refractivity contribution in [3.8, 4) is 0 Å². The van der Waals surface area contributed by atoms with Crippen LogP contribution in [0.4, 0.5) is 0 Å². The Kier molecular flexibility index (Phi) is 8.07. The van der Waals surface area contributed by atoms with Crippen molar-refractivity contribution in [3.63, 3.8) is 0 Å². The molecule has 3 atom stereocenters. The summed E-state index contributed by atoms with van der Waals surface area (Å²) in [4.78, 5) is 35.6. The molecule has 7 heteroatoms. The van der Waals surface area contributed by atoms with E-state index in [0.29, 0.717) is 6.42 Å². The average Bonchev–Trinajstić information content (AvgIpc) is 2.54. The SMILES string of the molecule is CC(C)C[C@H](N)C(=O)N[C@@H](C)C(=O)N[C@@H](Cc1ccccc1)C(=O)O. The van der Waals surface area contributed by atoms with Gasteiger partial charge in [0.15, 0.2) is 0 Å². The van der Waals surface area contributed by atoms with Crippen LogP contribution in [0.1, 0.15) is 32.8 Å². The van der Waals surface area contributed by atoms with Gasteiger partial charge in [0.2, 0.25) is 11.8 Å². The number of carboxylic acid groups (broad SMARTS) is 1. The van der Waals surface area contributed by atoms with Crippen molar-refractivity contribution in [2.75, 3.05) is 0 Å². The van der Waals surface area contributed by atoms with Crippen LogP contribution in [-0.4, -0.2) is 41.0 Å². The third-order valence-electron chi connectivity index (χ3n) is 3.71. The lowest BCUT2D eigenvalue weighted by atomic mass is 10.0. The van der Waals surface area contributed by atoms with Gasteiger partial charge in [0, 0.05) is 6.42 Å². The molecule has 1 aromatic carbocycles. The van der Waals surface area contributed by atoms with Gasteiger partial charge in [0.1, 0.15) is 12.1 Å². The zero-order valence-corrected chi connectivity index (χ0v) is 14.9. The molecule has 0 heterocycles. The van der Waals surface area contributed by atoms with E-state index in [1.807, 2.05) is 19.9 Å². The van der Waals surface area contributed by atoms with Crippen molar-refractivity contribution in [3.05, 3.63) is 35.9 Å². The zero-order valence-electron chi connectivity index (χ0n) is 14.9. The van der Waals surface area contributed by atoms with Crippen LogP contribution in [0.25, 0.3) is 0 Å². The summed E-state index contributed by atoms with van der Waals surface area (Å²) in [5.74, 6) is -1.86. The van der Waals surface area contributed by atoms with Crippen LogP contribution in [0.3, 0.4) is 0 Å². The van der Waals surface area contributed by atoms with Gasteiger partial charge in [0.05, 0.1) is 6.04 Å². The van der Waals surface area contributed by atoms with E-state index in [9.17, 15) is 19.5 Å². The number of rotatable bonds is 9. The van der Waals surface area contributed by atoms with Crippen LogP contribution in [0, 0.1) is 5.92 Å². The number of nitrogens with one attached hydrogen (secondary N) is 2. The number of hydrogen-bond donors (Lipinski definition) is 4. The van der Waals surface area contributed by atoms with Gasteiger partial charge in [-0.2, -0.15) is 0 Å². The third-order valence-corrected chi connectivity index (χ3v) is 3.71. The van der Waals surface area contributed by atoms with Gasteiger partial charge < -0.3 is 21.5 Å². The lowest BCUT2D eigenvalue weighted by molar-refractivity contribution is -0.142. The molecule has 1 aromatic rings. The number of hydrogen-bond acceptors (Lipinski definition) is 4. The van der Waals surface area contributed by atoms with E-state index in [1.54, 1.807) is 24.3 Å². The maximum atomic E-state index is 12.2. The lowest BCUT2D eigenvalue weighted by Gasteiger charge is -2.21. The molecule has 138 valence electrons. The van der Waals surface area contributed by atoms with Gasteiger partial charge in [-0.3, -0.25) is 9.59 Å². The van der Waals surface area contributed by atoms with E-state index in [0.717, 1.165) is 5.56 Å². The summed E-state index contributed by atoms with van der Waals surface area (Å²) >= 11 is 0. The Bertz CT molecular complexity index is 589. The van der Waals surface area contributed by atoms with E-state index < -0.39 is 35.9 Å². The van der Waals surface area contributed by atoms with E-state index in [4.69, 9.17) is 5.73 Å². The summed E-state index contributed by atoms with van der Waals surface area (Å²) in [5.41, 5.74) is 6.58. The van der Waals surface area contributed by atoms with Crippen LogP contribution < -0.4 is 16.4 Å². The summed E-state index contributed by atoms with van der Waals surface area (Å²) in [6.07, 6.45) is 0.668. The Morgan fingerprint density at radius 2 is 1.64 bits per heavy atom. The number of carbonyl (C=O) groups excluding carboxylic acids is 2. The molecule has 0 aromatic heterocycles. The normalized spacial score (nSPS) is 14.4. The summed E-state index contributed by atoms with van der Waals surface area (Å²) in [6.45, 7) is 5.39. The second-order valence-corrected chi connectivity index (χ2v) is 6.56. The van der Waals surface area contributed by atoms with Gasteiger partial charge in [-0.1, -0.05) is 44.2 Å². The molecule has 0 aliphatic rings. The minimum absolute atomic E-state index is 0.162. The molecular weight excluding hydrogens is 322 g/mol. The molecule has 0 bridgehead atoms. The van der Waals surface area contributed by atoms with E-state index in [2.05, 4.69) is 10.6 Å². The number of aliphatic carboxylic acids is 1. The minimum Gasteiger partial charge on any atom is -0.480 e. The first kappa shape index (κ1) is 20.6. The predicted octanol–water partition coefficient (Wildman–Crippen LogP) is 0.677. The number of carbonyl (C=O) groups is 3. The largest absolute Gasteiger partial charge is 0.480 e. The molecule has 0 saturated heterocycles. The van der Waals surface area contributed by atoms with Crippen molar-refractivity contribution in [2.24, 2.45) is 11.7 Å². The molecule has 1 rings (SSSR count). The molecule has 0 saturated carbocycles. The Labute approximate surface area is 148 Å². The number of amides is 2. The second kappa shape index (κ2) is 9.78. The summed E-state index contributed by atoms with van der Waals surface area (Å²) in [5, 5.41) is 14.3. The number of benzene rings is 1. The fourth-order valence-corrected chi connectivity index (χ4v) is 2.35. The number of carboxylic acids is 1. The quantitative estimate of drug-likeness (QED) is 0.522. The molecule has 0 spiro atoms. The monoisotopic (exact) mass is 349 g/mol. The van der Waals surface area contributed by atoms with Crippen molar-refractivity contribution in [1.82, 2.24) is 10.6 Å². The molecule has 25 heavy (non-hydrogen) atoms. The average molecular weight is 349 g/mol. The smallest absolute Gasteiger partial charge is 0.326 e. The topological polar surface area (TPSA) is 122 Å². The highest BCUT2D eigenvalue weighted by atomic mass is 16.4. The van der Waals surface area contributed by atoms with Gasteiger partial charge in [-0.15, -0.1) is 0 Å². The molecule has 7 nitrogen and oxygen atoms in total. The van der Waals surface area contributed by atoms with Gasteiger partial charge >= 0.3 is 5.97 Å². The Hall–Kier alpha value is -2.41. The van der Waals surface area contributed by atoms with Crippen LogP contribution in [0.15, 0.2) is 30.3 Å². The van der Waals surface area contributed by atoms with Crippen molar-refractivity contribution >= 4 is 17.8 Å². The summed E-state index contributed by atoms with van der Waals surface area (Å²) in [7, 11) is 0. The van der Waals surface area contributed by atoms with Gasteiger partial charge in [0.25, 0.3) is 0 Å². The highest BCUT2D eigenvalue weighted by Crippen LogP contribution is 2.05. The van der Waals surface area contributed by atoms with Crippen LogP contribution in [0.5, 0.6) is 0 Å².